The summed E-state index contributed by atoms with van der Waals surface area (Å²) in [5.41, 5.74) is 4.79. The van der Waals surface area contributed by atoms with Crippen LogP contribution in [0.3, 0.4) is 0 Å². The van der Waals surface area contributed by atoms with Gasteiger partial charge in [0.2, 0.25) is 0 Å². The maximum atomic E-state index is 13.2. The Kier molecular flexibility index (Phi) is 6.04. The standard InChI is InChI=1S/C27H24O2/c1-18-12-11-17-24(19(18)2)25(20(3)26(28)22-13-7-5-8-14-22)21(4)27(29)23-15-9-6-10-16-23/h5-17,25H,3-4H2,1-2H3. The third kappa shape index (κ3) is 4.17. The first-order valence-corrected chi connectivity index (χ1v) is 9.55. The van der Waals surface area contributed by atoms with E-state index < -0.39 is 5.92 Å². The molecule has 0 saturated carbocycles. The molecule has 0 bridgehead atoms. The first-order valence-electron chi connectivity index (χ1n) is 9.55. The van der Waals surface area contributed by atoms with Crippen molar-refractivity contribution < 1.29 is 9.59 Å². The maximum absolute atomic E-state index is 13.2. The highest BCUT2D eigenvalue weighted by Gasteiger charge is 2.29. The second-order valence-electron chi connectivity index (χ2n) is 7.16. The number of carbonyl (C=O) groups is 2. The molecule has 3 aromatic rings. The molecule has 0 saturated heterocycles. The molecule has 0 aliphatic rings. The van der Waals surface area contributed by atoms with Gasteiger partial charge in [-0.3, -0.25) is 9.59 Å². The van der Waals surface area contributed by atoms with Crippen molar-refractivity contribution in [1.29, 1.82) is 0 Å². The summed E-state index contributed by atoms with van der Waals surface area (Å²) in [7, 11) is 0. The van der Waals surface area contributed by atoms with E-state index >= 15 is 0 Å². The molecule has 0 atom stereocenters. The summed E-state index contributed by atoms with van der Waals surface area (Å²) >= 11 is 0. The van der Waals surface area contributed by atoms with Crippen LogP contribution in [-0.4, -0.2) is 11.6 Å². The molecule has 3 rings (SSSR count). The Balaban J connectivity index is 2.08. The number of carbonyl (C=O) groups excluding carboxylic acids is 2. The fourth-order valence-corrected chi connectivity index (χ4v) is 3.48. The predicted octanol–water partition coefficient (Wildman–Crippen LogP) is 6.27. The number of aryl methyl sites for hydroxylation is 1. The minimum absolute atomic E-state index is 0.182. The van der Waals surface area contributed by atoms with Crippen molar-refractivity contribution in [3.8, 4) is 0 Å². The van der Waals surface area contributed by atoms with E-state index in [0.29, 0.717) is 22.3 Å². The lowest BCUT2D eigenvalue weighted by atomic mass is 9.78. The lowest BCUT2D eigenvalue weighted by molar-refractivity contribution is 0.102. The third-order valence-corrected chi connectivity index (χ3v) is 5.31. The van der Waals surface area contributed by atoms with Crippen LogP contribution < -0.4 is 0 Å². The van der Waals surface area contributed by atoms with Crippen molar-refractivity contribution in [2.45, 2.75) is 19.8 Å². The average molecular weight is 380 g/mol. The van der Waals surface area contributed by atoms with Gasteiger partial charge in [-0.2, -0.15) is 0 Å². The lowest BCUT2D eigenvalue weighted by Crippen LogP contribution is -2.19. The molecule has 0 aliphatic heterocycles. The average Bonchev–Trinajstić information content (AvgIpc) is 2.76. The van der Waals surface area contributed by atoms with Gasteiger partial charge in [-0.1, -0.05) is 92.0 Å². The van der Waals surface area contributed by atoms with Crippen molar-refractivity contribution >= 4 is 11.6 Å². The Morgan fingerprint density at radius 3 is 1.55 bits per heavy atom. The van der Waals surface area contributed by atoms with E-state index in [1.54, 1.807) is 24.3 Å². The number of ketones is 2. The monoisotopic (exact) mass is 380 g/mol. The highest BCUT2D eigenvalue weighted by molar-refractivity contribution is 6.14. The zero-order valence-corrected chi connectivity index (χ0v) is 16.8. The van der Waals surface area contributed by atoms with Crippen LogP contribution in [0.5, 0.6) is 0 Å². The van der Waals surface area contributed by atoms with Crippen LogP contribution in [-0.2, 0) is 0 Å². The Morgan fingerprint density at radius 1 is 0.655 bits per heavy atom. The van der Waals surface area contributed by atoms with E-state index in [9.17, 15) is 9.59 Å². The van der Waals surface area contributed by atoms with Crippen molar-refractivity contribution in [3.05, 3.63) is 131 Å². The van der Waals surface area contributed by atoms with E-state index in [0.717, 1.165) is 16.7 Å². The van der Waals surface area contributed by atoms with Crippen LogP contribution in [0.4, 0.5) is 0 Å². The molecule has 2 nitrogen and oxygen atoms in total. The highest BCUT2D eigenvalue weighted by atomic mass is 16.1. The van der Waals surface area contributed by atoms with Gasteiger partial charge in [0.1, 0.15) is 0 Å². The highest BCUT2D eigenvalue weighted by Crippen LogP contribution is 2.36. The smallest absolute Gasteiger partial charge is 0.189 e. The van der Waals surface area contributed by atoms with Gasteiger partial charge in [-0.05, 0) is 30.5 Å². The van der Waals surface area contributed by atoms with Crippen LogP contribution in [0.1, 0.15) is 43.3 Å². The molecule has 0 radical (unpaired) electrons. The second-order valence-corrected chi connectivity index (χ2v) is 7.16. The molecule has 2 heteroatoms. The molecule has 144 valence electrons. The van der Waals surface area contributed by atoms with Gasteiger partial charge in [-0.25, -0.2) is 0 Å². The molecule has 0 aromatic heterocycles. The van der Waals surface area contributed by atoms with Gasteiger partial charge in [-0.15, -0.1) is 0 Å². The van der Waals surface area contributed by atoms with Gasteiger partial charge < -0.3 is 0 Å². The minimum atomic E-state index is -0.588. The molecular formula is C27H24O2. The van der Waals surface area contributed by atoms with E-state index in [1.165, 1.54) is 0 Å². The number of Topliss-reactive ketones (excluding diaryl/α,β-unsaturated/α-hetero) is 2. The molecular weight excluding hydrogens is 356 g/mol. The summed E-state index contributed by atoms with van der Waals surface area (Å²) in [6, 6.07) is 23.9. The fourth-order valence-electron chi connectivity index (χ4n) is 3.48. The number of allylic oxidation sites excluding steroid dienone is 2. The fraction of sp³-hybridized carbons (Fsp3) is 0.111. The van der Waals surface area contributed by atoms with Gasteiger partial charge in [0, 0.05) is 28.2 Å². The number of benzene rings is 3. The molecule has 0 amide bonds. The van der Waals surface area contributed by atoms with Crippen molar-refractivity contribution in [1.82, 2.24) is 0 Å². The number of hydrogen-bond donors (Lipinski definition) is 0. The summed E-state index contributed by atoms with van der Waals surface area (Å²) in [5, 5.41) is 0. The van der Waals surface area contributed by atoms with E-state index in [2.05, 4.69) is 13.2 Å². The molecule has 3 aromatic carbocycles. The van der Waals surface area contributed by atoms with E-state index in [1.807, 2.05) is 68.4 Å². The van der Waals surface area contributed by atoms with E-state index in [4.69, 9.17) is 0 Å². The topological polar surface area (TPSA) is 34.1 Å². The second kappa shape index (κ2) is 8.66. The summed E-state index contributed by atoms with van der Waals surface area (Å²) in [4.78, 5) is 26.3. The van der Waals surface area contributed by atoms with Crippen LogP contribution in [0.15, 0.2) is 103 Å². The summed E-state index contributed by atoms with van der Waals surface area (Å²) < 4.78 is 0. The SMILES string of the molecule is C=C(C(=O)c1ccccc1)C(C(=C)C(=O)c1ccccc1)c1cccc(C)c1C. The molecule has 0 unspecified atom stereocenters. The third-order valence-electron chi connectivity index (χ3n) is 5.31. The molecule has 29 heavy (non-hydrogen) atoms. The van der Waals surface area contributed by atoms with Crippen LogP contribution in [0.2, 0.25) is 0 Å². The zero-order valence-electron chi connectivity index (χ0n) is 16.8. The Hall–Kier alpha value is -3.52. The molecule has 0 aliphatic carbocycles. The summed E-state index contributed by atoms with van der Waals surface area (Å²) in [6.45, 7) is 12.2. The molecule has 0 heterocycles. The van der Waals surface area contributed by atoms with Gasteiger partial charge >= 0.3 is 0 Å². The van der Waals surface area contributed by atoms with Crippen LogP contribution >= 0.6 is 0 Å². The number of hydrogen-bond acceptors (Lipinski definition) is 2. The Morgan fingerprint density at radius 2 is 1.10 bits per heavy atom. The molecule has 0 fully saturated rings. The Bertz CT molecular complexity index is 1010. The first-order chi connectivity index (χ1) is 13.9. The first kappa shape index (κ1) is 20.2. The van der Waals surface area contributed by atoms with Gasteiger partial charge in [0.25, 0.3) is 0 Å². The van der Waals surface area contributed by atoms with Gasteiger partial charge in [0.05, 0.1) is 0 Å². The van der Waals surface area contributed by atoms with Crippen molar-refractivity contribution in [2.24, 2.45) is 0 Å². The van der Waals surface area contributed by atoms with Crippen LogP contribution in [0.25, 0.3) is 0 Å². The summed E-state index contributed by atoms with van der Waals surface area (Å²) in [6.07, 6.45) is 0. The number of rotatable bonds is 7. The summed E-state index contributed by atoms with van der Waals surface area (Å²) in [5.74, 6) is -0.952. The molecule has 0 N–H and O–H groups in total. The van der Waals surface area contributed by atoms with Crippen LogP contribution in [0, 0.1) is 13.8 Å². The zero-order chi connectivity index (χ0) is 21.0. The molecule has 0 spiro atoms. The largest absolute Gasteiger partial charge is 0.289 e. The predicted molar refractivity (Wildman–Crippen MR) is 118 cm³/mol. The van der Waals surface area contributed by atoms with E-state index in [-0.39, 0.29) is 11.6 Å². The normalized spacial score (nSPS) is 10.6. The van der Waals surface area contributed by atoms with Crippen molar-refractivity contribution in [2.75, 3.05) is 0 Å². The quantitative estimate of drug-likeness (QED) is 0.358. The van der Waals surface area contributed by atoms with Gasteiger partial charge in [0.15, 0.2) is 11.6 Å². The minimum Gasteiger partial charge on any atom is -0.289 e. The van der Waals surface area contributed by atoms with Crippen molar-refractivity contribution in [3.63, 3.8) is 0 Å². The lowest BCUT2D eigenvalue weighted by Gasteiger charge is -2.24. The maximum Gasteiger partial charge on any atom is 0.189 e. The Labute approximate surface area is 172 Å².